The van der Waals surface area contributed by atoms with Crippen LogP contribution < -0.4 is 0 Å². The molecule has 92 valence electrons. The van der Waals surface area contributed by atoms with Crippen molar-refractivity contribution in [3.05, 3.63) is 35.1 Å². The van der Waals surface area contributed by atoms with Gasteiger partial charge in [-0.3, -0.25) is 4.79 Å². The van der Waals surface area contributed by atoms with Crippen molar-refractivity contribution in [3.8, 4) is 0 Å². The van der Waals surface area contributed by atoms with E-state index < -0.39 is 5.60 Å². The maximum atomic E-state index is 13.3. The lowest BCUT2D eigenvalue weighted by molar-refractivity contribution is 0.00599. The van der Waals surface area contributed by atoms with Gasteiger partial charge in [-0.05, 0) is 56.4 Å². The van der Waals surface area contributed by atoms with E-state index in [4.69, 9.17) is 4.74 Å². The summed E-state index contributed by atoms with van der Waals surface area (Å²) >= 11 is 0. The zero-order chi connectivity index (χ0) is 12.5. The molecule has 1 aromatic rings. The predicted octanol–water partition coefficient (Wildman–Crippen LogP) is 3.28. The van der Waals surface area contributed by atoms with Gasteiger partial charge in [-0.1, -0.05) is 0 Å². The summed E-state index contributed by atoms with van der Waals surface area (Å²) < 4.78 is 18.7. The number of ether oxygens (including phenoxy) is 1. The number of aryl methyl sites for hydroxylation is 1. The highest BCUT2D eigenvalue weighted by Gasteiger charge is 2.41. The highest BCUT2D eigenvalue weighted by molar-refractivity contribution is 6.02. The Bertz CT molecular complexity index is 414. The molecule has 0 atom stereocenters. The van der Waals surface area contributed by atoms with E-state index in [1.807, 2.05) is 0 Å². The summed E-state index contributed by atoms with van der Waals surface area (Å²) in [6, 6.07) is 4.45. The smallest absolute Gasteiger partial charge is 0.194 e. The van der Waals surface area contributed by atoms with Gasteiger partial charge in [0.2, 0.25) is 0 Å². The van der Waals surface area contributed by atoms with Crippen LogP contribution in [0.25, 0.3) is 0 Å². The molecule has 0 unspecified atom stereocenters. The number of hydrogen-bond acceptors (Lipinski definition) is 2. The van der Waals surface area contributed by atoms with E-state index in [1.165, 1.54) is 12.1 Å². The SMILES string of the molecule is COC1(C(=O)c2cc(C)cc(F)c2)CCCC1. The summed E-state index contributed by atoms with van der Waals surface area (Å²) in [7, 11) is 1.56. The normalized spacial score (nSPS) is 18.3. The molecule has 0 saturated heterocycles. The van der Waals surface area contributed by atoms with Crippen LogP contribution in [0.5, 0.6) is 0 Å². The van der Waals surface area contributed by atoms with Gasteiger partial charge in [-0.2, -0.15) is 0 Å². The molecule has 17 heavy (non-hydrogen) atoms. The number of carbonyl (C=O) groups is 1. The summed E-state index contributed by atoms with van der Waals surface area (Å²) in [6.45, 7) is 1.79. The van der Waals surface area contributed by atoms with Crippen LogP contribution >= 0.6 is 0 Å². The highest BCUT2D eigenvalue weighted by Crippen LogP contribution is 2.35. The van der Waals surface area contributed by atoms with Gasteiger partial charge in [0, 0.05) is 12.7 Å². The first kappa shape index (κ1) is 12.2. The largest absolute Gasteiger partial charge is 0.370 e. The quantitative estimate of drug-likeness (QED) is 0.753. The van der Waals surface area contributed by atoms with E-state index in [9.17, 15) is 9.18 Å². The third-order valence-corrected chi connectivity index (χ3v) is 3.52. The number of benzene rings is 1. The molecule has 0 bridgehead atoms. The summed E-state index contributed by atoms with van der Waals surface area (Å²) in [6.07, 6.45) is 3.46. The lowest BCUT2D eigenvalue weighted by Gasteiger charge is -2.25. The lowest BCUT2D eigenvalue weighted by atomic mass is 9.90. The van der Waals surface area contributed by atoms with Crippen molar-refractivity contribution in [2.24, 2.45) is 0 Å². The van der Waals surface area contributed by atoms with Crippen LogP contribution in [-0.2, 0) is 4.74 Å². The number of Topliss-reactive ketones (excluding diaryl/α,β-unsaturated/α-hetero) is 1. The fourth-order valence-corrected chi connectivity index (χ4v) is 2.60. The molecule has 3 heteroatoms. The van der Waals surface area contributed by atoms with Crippen molar-refractivity contribution in [1.29, 1.82) is 0 Å². The molecule has 0 radical (unpaired) electrons. The lowest BCUT2D eigenvalue weighted by Crippen LogP contribution is -2.37. The van der Waals surface area contributed by atoms with E-state index >= 15 is 0 Å². The molecule has 1 aliphatic rings. The molecule has 1 aromatic carbocycles. The summed E-state index contributed by atoms with van der Waals surface area (Å²) in [5, 5.41) is 0. The second kappa shape index (κ2) is 4.57. The van der Waals surface area contributed by atoms with E-state index in [2.05, 4.69) is 0 Å². The third kappa shape index (κ3) is 2.25. The number of carbonyl (C=O) groups excluding carboxylic acids is 1. The van der Waals surface area contributed by atoms with Gasteiger partial charge in [0.05, 0.1) is 0 Å². The molecular formula is C14H17FO2. The first-order chi connectivity index (χ1) is 8.07. The Labute approximate surface area is 101 Å². The summed E-state index contributed by atoms with van der Waals surface area (Å²) in [5.41, 5.74) is 0.462. The molecule has 0 N–H and O–H groups in total. The van der Waals surface area contributed by atoms with Crippen molar-refractivity contribution in [1.82, 2.24) is 0 Å². The van der Waals surface area contributed by atoms with Crippen molar-refractivity contribution in [3.63, 3.8) is 0 Å². The molecule has 1 aliphatic carbocycles. The molecule has 2 nitrogen and oxygen atoms in total. The van der Waals surface area contributed by atoms with Gasteiger partial charge >= 0.3 is 0 Å². The number of halogens is 1. The molecule has 0 amide bonds. The van der Waals surface area contributed by atoms with Gasteiger partial charge in [0.1, 0.15) is 11.4 Å². The molecule has 0 heterocycles. The first-order valence-corrected chi connectivity index (χ1v) is 5.94. The van der Waals surface area contributed by atoms with Gasteiger partial charge in [-0.25, -0.2) is 4.39 Å². The molecule has 0 aromatic heterocycles. The van der Waals surface area contributed by atoms with Gasteiger partial charge in [0.25, 0.3) is 0 Å². The van der Waals surface area contributed by atoms with Crippen LogP contribution in [0.3, 0.4) is 0 Å². The van der Waals surface area contributed by atoms with Crippen LogP contribution in [-0.4, -0.2) is 18.5 Å². The topological polar surface area (TPSA) is 26.3 Å². The van der Waals surface area contributed by atoms with Crippen molar-refractivity contribution >= 4 is 5.78 Å². The zero-order valence-corrected chi connectivity index (χ0v) is 10.3. The van der Waals surface area contributed by atoms with Crippen LogP contribution in [0.4, 0.5) is 4.39 Å². The average molecular weight is 236 g/mol. The standard InChI is InChI=1S/C14H17FO2/c1-10-7-11(9-12(15)8-10)13(16)14(17-2)5-3-4-6-14/h7-9H,3-6H2,1-2H3. The Morgan fingerprint density at radius 2 is 1.94 bits per heavy atom. The van der Waals surface area contributed by atoms with E-state index in [0.29, 0.717) is 5.56 Å². The number of hydrogen-bond donors (Lipinski definition) is 0. The van der Waals surface area contributed by atoms with E-state index in [0.717, 1.165) is 31.2 Å². The monoisotopic (exact) mass is 236 g/mol. The van der Waals surface area contributed by atoms with Crippen LogP contribution in [0, 0.1) is 12.7 Å². The van der Waals surface area contributed by atoms with Gasteiger partial charge in [-0.15, -0.1) is 0 Å². The van der Waals surface area contributed by atoms with Crippen LogP contribution in [0.15, 0.2) is 18.2 Å². The minimum Gasteiger partial charge on any atom is -0.370 e. The Morgan fingerprint density at radius 3 is 2.47 bits per heavy atom. The number of rotatable bonds is 3. The molecule has 0 spiro atoms. The van der Waals surface area contributed by atoms with Crippen LogP contribution in [0.1, 0.15) is 41.6 Å². The Kier molecular flexibility index (Phi) is 3.29. The second-order valence-electron chi connectivity index (χ2n) is 4.75. The Hall–Kier alpha value is -1.22. The predicted molar refractivity (Wildman–Crippen MR) is 63.7 cm³/mol. The summed E-state index contributed by atoms with van der Waals surface area (Å²) in [4.78, 5) is 12.4. The highest BCUT2D eigenvalue weighted by atomic mass is 19.1. The minimum absolute atomic E-state index is 0.0832. The molecular weight excluding hydrogens is 219 g/mol. The van der Waals surface area contributed by atoms with Crippen molar-refractivity contribution < 1.29 is 13.9 Å². The Morgan fingerprint density at radius 1 is 1.29 bits per heavy atom. The number of ketones is 1. The van der Waals surface area contributed by atoms with Gasteiger partial charge < -0.3 is 4.74 Å². The summed E-state index contributed by atoms with van der Waals surface area (Å²) in [5.74, 6) is -0.447. The molecule has 1 saturated carbocycles. The minimum atomic E-state index is -0.722. The van der Waals surface area contributed by atoms with Crippen LogP contribution in [0.2, 0.25) is 0 Å². The molecule has 0 aliphatic heterocycles. The maximum Gasteiger partial charge on any atom is 0.194 e. The van der Waals surface area contributed by atoms with Gasteiger partial charge in [0.15, 0.2) is 5.78 Å². The maximum absolute atomic E-state index is 13.3. The van der Waals surface area contributed by atoms with Crippen molar-refractivity contribution in [2.75, 3.05) is 7.11 Å². The van der Waals surface area contributed by atoms with Crippen molar-refractivity contribution in [2.45, 2.75) is 38.2 Å². The first-order valence-electron chi connectivity index (χ1n) is 5.94. The number of methoxy groups -OCH3 is 1. The molecule has 1 fully saturated rings. The van der Waals surface area contributed by atoms with E-state index in [-0.39, 0.29) is 11.6 Å². The average Bonchev–Trinajstić information content (AvgIpc) is 2.76. The Balaban J connectivity index is 2.35. The molecule has 2 rings (SSSR count). The third-order valence-electron chi connectivity index (χ3n) is 3.52. The van der Waals surface area contributed by atoms with E-state index in [1.54, 1.807) is 20.1 Å². The fourth-order valence-electron chi connectivity index (χ4n) is 2.60. The second-order valence-corrected chi connectivity index (χ2v) is 4.75. The zero-order valence-electron chi connectivity index (χ0n) is 10.3. The fraction of sp³-hybridized carbons (Fsp3) is 0.500.